The number of fused-ring (bicyclic) bond motifs is 2. The number of carboxylic acids is 1. The average Bonchev–Trinajstić information content (AvgIpc) is 3.04. The Kier molecular flexibility index (Phi) is 5.39. The summed E-state index contributed by atoms with van der Waals surface area (Å²) in [5.74, 6) is -0.631. The molecule has 0 aromatic rings. The molecule has 1 aliphatic carbocycles. The molecular weight excluding hydrogens is 332 g/mol. The quantitative estimate of drug-likeness (QED) is 0.701. The minimum absolute atomic E-state index is 0.0204. The number of nitrogens with one attached hydrogen (secondary N) is 1. The van der Waals surface area contributed by atoms with E-state index in [0.717, 1.165) is 25.7 Å². The highest BCUT2D eigenvalue weighted by atomic mass is 16.4. The number of hydrogen-bond donors (Lipinski definition) is 2. The maximum Gasteiger partial charge on any atom is 0.330 e. The monoisotopic (exact) mass is 362 g/mol. The fourth-order valence-electron chi connectivity index (χ4n) is 4.55. The van der Waals surface area contributed by atoms with Crippen molar-refractivity contribution in [3.8, 4) is 0 Å². The lowest BCUT2D eigenvalue weighted by molar-refractivity contribution is -0.145. The van der Waals surface area contributed by atoms with Gasteiger partial charge in [-0.05, 0) is 50.4 Å². The molecule has 2 N–H and O–H groups in total. The Labute approximate surface area is 155 Å². The van der Waals surface area contributed by atoms with E-state index in [4.69, 9.17) is 0 Å². The third-order valence-electron chi connectivity index (χ3n) is 6.14. The summed E-state index contributed by atoms with van der Waals surface area (Å²) in [5.41, 5.74) is -1.19. The first-order chi connectivity index (χ1) is 12.3. The molecule has 2 amide bonds. The van der Waals surface area contributed by atoms with Crippen LogP contribution in [0.2, 0.25) is 0 Å². The molecule has 0 aromatic heterocycles. The van der Waals surface area contributed by atoms with E-state index in [1.807, 2.05) is 6.08 Å². The van der Waals surface area contributed by atoms with Crippen LogP contribution in [0.5, 0.6) is 0 Å². The SMILES string of the molecule is CC1CCC=CC2CC2(C(=O)O)NC(=O)C2CCCN2C(=O)CC(C)C1. The zero-order chi connectivity index (χ0) is 18.9. The summed E-state index contributed by atoms with van der Waals surface area (Å²) in [5, 5.41) is 12.4. The van der Waals surface area contributed by atoms with Crippen molar-refractivity contribution < 1.29 is 19.5 Å². The summed E-state index contributed by atoms with van der Waals surface area (Å²) in [6.45, 7) is 4.89. The van der Waals surface area contributed by atoms with Crippen molar-refractivity contribution in [2.24, 2.45) is 17.8 Å². The molecule has 2 fully saturated rings. The van der Waals surface area contributed by atoms with E-state index in [1.165, 1.54) is 0 Å². The Morgan fingerprint density at radius 2 is 2.04 bits per heavy atom. The van der Waals surface area contributed by atoms with Crippen LogP contribution in [-0.4, -0.2) is 45.9 Å². The van der Waals surface area contributed by atoms with Gasteiger partial charge >= 0.3 is 5.97 Å². The van der Waals surface area contributed by atoms with Crippen molar-refractivity contribution in [2.75, 3.05) is 6.54 Å². The van der Waals surface area contributed by atoms with E-state index in [-0.39, 0.29) is 23.7 Å². The van der Waals surface area contributed by atoms with E-state index in [2.05, 4.69) is 25.2 Å². The zero-order valence-corrected chi connectivity index (χ0v) is 15.7. The van der Waals surface area contributed by atoms with Crippen LogP contribution in [0.1, 0.15) is 58.8 Å². The lowest BCUT2D eigenvalue weighted by Crippen LogP contribution is -2.53. The molecule has 2 heterocycles. The number of carboxylic acid groups (broad SMARTS) is 1. The second-order valence-electron chi connectivity index (χ2n) is 8.48. The first kappa shape index (κ1) is 18.9. The Hall–Kier alpha value is -1.85. The summed E-state index contributed by atoms with van der Waals surface area (Å²) < 4.78 is 0. The third kappa shape index (κ3) is 3.79. The molecule has 5 atom stereocenters. The Morgan fingerprint density at radius 3 is 2.77 bits per heavy atom. The highest BCUT2D eigenvalue weighted by Crippen LogP contribution is 2.45. The number of nitrogens with zero attached hydrogens (tertiary/aromatic N) is 1. The van der Waals surface area contributed by atoms with E-state index in [9.17, 15) is 19.5 Å². The van der Waals surface area contributed by atoms with E-state index in [0.29, 0.717) is 31.7 Å². The number of rotatable bonds is 1. The summed E-state index contributed by atoms with van der Waals surface area (Å²) in [7, 11) is 0. The normalized spacial score (nSPS) is 38.6. The molecule has 1 saturated carbocycles. The molecule has 6 nitrogen and oxygen atoms in total. The fraction of sp³-hybridized carbons (Fsp3) is 0.750. The highest BCUT2D eigenvalue weighted by Gasteiger charge is 2.61. The smallest absolute Gasteiger partial charge is 0.330 e. The number of aliphatic carboxylic acids is 1. The molecule has 0 spiro atoms. The van der Waals surface area contributed by atoms with Gasteiger partial charge in [-0.2, -0.15) is 0 Å². The average molecular weight is 362 g/mol. The van der Waals surface area contributed by atoms with Gasteiger partial charge in [-0.1, -0.05) is 26.0 Å². The molecule has 3 aliphatic rings. The summed E-state index contributed by atoms with van der Waals surface area (Å²) in [6.07, 6.45) is 9.20. The summed E-state index contributed by atoms with van der Waals surface area (Å²) >= 11 is 0. The van der Waals surface area contributed by atoms with Crippen molar-refractivity contribution >= 4 is 17.8 Å². The number of carbonyl (C=O) groups is 3. The van der Waals surface area contributed by atoms with Gasteiger partial charge in [-0.15, -0.1) is 0 Å². The second-order valence-corrected chi connectivity index (χ2v) is 8.48. The van der Waals surface area contributed by atoms with E-state index in [1.54, 1.807) is 4.90 Å². The molecule has 0 bridgehead atoms. The van der Waals surface area contributed by atoms with Gasteiger partial charge < -0.3 is 15.3 Å². The molecule has 0 radical (unpaired) electrons. The van der Waals surface area contributed by atoms with Crippen LogP contribution in [0.25, 0.3) is 0 Å². The molecule has 26 heavy (non-hydrogen) atoms. The van der Waals surface area contributed by atoms with E-state index < -0.39 is 17.6 Å². The minimum Gasteiger partial charge on any atom is -0.479 e. The Bertz CT molecular complexity index is 617. The molecule has 0 aromatic carbocycles. The maximum absolute atomic E-state index is 12.8. The van der Waals surface area contributed by atoms with Gasteiger partial charge in [0, 0.05) is 18.9 Å². The summed E-state index contributed by atoms with van der Waals surface area (Å²) in [4.78, 5) is 38.9. The molecule has 3 rings (SSSR count). The molecule has 1 saturated heterocycles. The lowest BCUT2D eigenvalue weighted by atomic mass is 9.91. The van der Waals surface area contributed by atoms with Gasteiger partial charge in [-0.25, -0.2) is 4.79 Å². The lowest BCUT2D eigenvalue weighted by Gasteiger charge is -2.27. The molecule has 2 aliphatic heterocycles. The predicted molar refractivity (Wildman–Crippen MR) is 97.3 cm³/mol. The predicted octanol–water partition coefficient (Wildman–Crippen LogP) is 2.34. The van der Waals surface area contributed by atoms with Gasteiger partial charge in [0.25, 0.3) is 0 Å². The molecule has 144 valence electrons. The van der Waals surface area contributed by atoms with E-state index >= 15 is 0 Å². The number of hydrogen-bond acceptors (Lipinski definition) is 3. The topological polar surface area (TPSA) is 86.7 Å². The van der Waals surface area contributed by atoms with Crippen LogP contribution < -0.4 is 5.32 Å². The maximum atomic E-state index is 12.8. The largest absolute Gasteiger partial charge is 0.479 e. The Morgan fingerprint density at radius 1 is 1.27 bits per heavy atom. The zero-order valence-electron chi connectivity index (χ0n) is 15.7. The summed E-state index contributed by atoms with van der Waals surface area (Å²) in [6, 6.07) is -0.529. The van der Waals surface area contributed by atoms with Crippen LogP contribution in [-0.2, 0) is 14.4 Å². The van der Waals surface area contributed by atoms with Crippen molar-refractivity contribution in [1.82, 2.24) is 10.2 Å². The standard InChI is InChI=1S/C20H30N2O4/c1-13-6-3-4-7-15-12-20(15,19(25)26)21-18(24)16-8-5-9-22(16)17(23)11-14(2)10-13/h4,7,13-16H,3,5-6,8-12H2,1-2H3,(H,21,24)(H,25,26). The number of carbonyl (C=O) groups excluding carboxylic acids is 2. The minimum atomic E-state index is -1.19. The van der Waals surface area contributed by atoms with Crippen molar-refractivity contribution in [1.29, 1.82) is 0 Å². The van der Waals surface area contributed by atoms with Crippen LogP contribution >= 0.6 is 0 Å². The van der Waals surface area contributed by atoms with Gasteiger partial charge in [0.1, 0.15) is 11.6 Å². The highest BCUT2D eigenvalue weighted by molar-refractivity contribution is 5.94. The first-order valence-electron chi connectivity index (χ1n) is 9.85. The number of amides is 2. The molecule has 6 heteroatoms. The Balaban J connectivity index is 1.81. The van der Waals surface area contributed by atoms with Crippen LogP contribution in [0, 0.1) is 17.8 Å². The molecule has 5 unspecified atom stereocenters. The van der Waals surface area contributed by atoms with Crippen LogP contribution in [0.4, 0.5) is 0 Å². The fourth-order valence-corrected chi connectivity index (χ4v) is 4.55. The van der Waals surface area contributed by atoms with Gasteiger partial charge in [0.2, 0.25) is 11.8 Å². The van der Waals surface area contributed by atoms with Crippen molar-refractivity contribution in [3.05, 3.63) is 12.2 Å². The van der Waals surface area contributed by atoms with Gasteiger partial charge in [0.05, 0.1) is 0 Å². The first-order valence-corrected chi connectivity index (χ1v) is 9.85. The second kappa shape index (κ2) is 7.41. The number of allylic oxidation sites excluding steroid dienone is 1. The van der Waals surface area contributed by atoms with Gasteiger partial charge in [0.15, 0.2) is 0 Å². The van der Waals surface area contributed by atoms with Crippen molar-refractivity contribution in [2.45, 2.75) is 70.4 Å². The van der Waals surface area contributed by atoms with Crippen LogP contribution in [0.15, 0.2) is 12.2 Å². The van der Waals surface area contributed by atoms with Gasteiger partial charge in [-0.3, -0.25) is 9.59 Å². The third-order valence-corrected chi connectivity index (χ3v) is 6.14. The van der Waals surface area contributed by atoms with Crippen molar-refractivity contribution in [3.63, 3.8) is 0 Å². The van der Waals surface area contributed by atoms with Crippen LogP contribution in [0.3, 0.4) is 0 Å². The molecular formula is C20H30N2O4.